The molecule has 0 bridgehead atoms. The Balaban J connectivity index is 1.86. The molecule has 0 aliphatic heterocycles. The zero-order chi connectivity index (χ0) is 34.8. The first-order valence-electron chi connectivity index (χ1n) is 15.4. The summed E-state index contributed by atoms with van der Waals surface area (Å²) in [7, 11) is -1.39. The Bertz CT molecular complexity index is 1810. The second-order valence-electron chi connectivity index (χ2n) is 11.1. The van der Waals surface area contributed by atoms with Gasteiger partial charge in [-0.1, -0.05) is 84.7 Å². The summed E-state index contributed by atoms with van der Waals surface area (Å²) in [6, 6.07) is 25.4. The van der Waals surface area contributed by atoms with Crippen molar-refractivity contribution in [1.29, 1.82) is 0 Å². The third-order valence-corrected chi connectivity index (χ3v) is 10.3. The number of nitrogens with one attached hydrogen (secondary N) is 1. The molecule has 2 amide bonds. The Kier molecular flexibility index (Phi) is 12.7. The lowest BCUT2D eigenvalue weighted by atomic mass is 10.0. The molecule has 4 rings (SSSR count). The monoisotopic (exact) mass is 711 g/mol. The van der Waals surface area contributed by atoms with E-state index in [0.29, 0.717) is 27.8 Å². The van der Waals surface area contributed by atoms with Crippen LogP contribution in [0.15, 0.2) is 102 Å². The van der Waals surface area contributed by atoms with E-state index in [-0.39, 0.29) is 41.2 Å². The molecule has 0 aliphatic rings. The number of rotatable bonds is 15. The fraction of sp³-hybridized carbons (Fsp3) is 0.278. The molecule has 0 unspecified atom stereocenters. The fourth-order valence-electron chi connectivity index (χ4n) is 5.06. The van der Waals surface area contributed by atoms with Crippen molar-refractivity contribution < 1.29 is 27.5 Å². The molecule has 4 aromatic carbocycles. The minimum atomic E-state index is -4.30. The number of carbonyl (C=O) groups excluding carboxylic acids is 2. The van der Waals surface area contributed by atoms with Crippen molar-refractivity contribution in [2.45, 2.75) is 50.2 Å². The maximum atomic E-state index is 14.7. The number of sulfonamides is 1. The summed E-state index contributed by atoms with van der Waals surface area (Å²) >= 11 is 12.8. The Morgan fingerprint density at radius 2 is 1.50 bits per heavy atom. The molecule has 4 aromatic rings. The first-order chi connectivity index (χ1) is 23.0. The maximum Gasteiger partial charge on any atom is 0.264 e. The highest BCUT2D eigenvalue weighted by Crippen LogP contribution is 2.34. The Hall–Kier alpha value is -4.25. The van der Waals surface area contributed by atoms with E-state index in [9.17, 15) is 18.0 Å². The van der Waals surface area contributed by atoms with Crippen LogP contribution in [-0.2, 0) is 32.6 Å². The number of nitrogens with zero attached hydrogens (tertiary/aromatic N) is 2. The van der Waals surface area contributed by atoms with Crippen LogP contribution in [0.1, 0.15) is 31.4 Å². The first kappa shape index (κ1) is 36.6. The number of halogens is 2. The molecule has 1 N–H and O–H groups in total. The zero-order valence-corrected chi connectivity index (χ0v) is 29.6. The maximum absolute atomic E-state index is 14.7. The van der Waals surface area contributed by atoms with Crippen LogP contribution >= 0.6 is 23.2 Å². The van der Waals surface area contributed by atoms with Crippen molar-refractivity contribution in [1.82, 2.24) is 10.2 Å². The molecule has 0 fully saturated rings. The van der Waals surface area contributed by atoms with Gasteiger partial charge >= 0.3 is 0 Å². The van der Waals surface area contributed by atoms with Crippen molar-refractivity contribution in [2.24, 2.45) is 0 Å². The van der Waals surface area contributed by atoms with Crippen LogP contribution < -0.4 is 19.1 Å². The van der Waals surface area contributed by atoms with Crippen LogP contribution in [0, 0.1) is 0 Å². The third kappa shape index (κ3) is 9.00. The number of methoxy groups -OCH3 is 2. The van der Waals surface area contributed by atoms with E-state index >= 15 is 0 Å². The van der Waals surface area contributed by atoms with Crippen LogP contribution in [0.2, 0.25) is 10.0 Å². The molecule has 2 atom stereocenters. The third-order valence-electron chi connectivity index (χ3n) is 7.89. The Morgan fingerprint density at radius 3 is 2.10 bits per heavy atom. The quantitative estimate of drug-likeness (QED) is 0.146. The van der Waals surface area contributed by atoms with Crippen LogP contribution in [0.25, 0.3) is 0 Å². The molecule has 0 heterocycles. The van der Waals surface area contributed by atoms with Crippen molar-refractivity contribution in [3.63, 3.8) is 0 Å². The van der Waals surface area contributed by atoms with Gasteiger partial charge in [0, 0.05) is 35.1 Å². The summed E-state index contributed by atoms with van der Waals surface area (Å²) < 4.78 is 40.3. The van der Waals surface area contributed by atoms with Crippen molar-refractivity contribution in [2.75, 3.05) is 25.1 Å². The lowest BCUT2D eigenvalue weighted by Gasteiger charge is -2.34. The molecule has 12 heteroatoms. The highest BCUT2D eigenvalue weighted by molar-refractivity contribution is 7.92. The van der Waals surface area contributed by atoms with Gasteiger partial charge in [0.15, 0.2) is 11.5 Å². The summed E-state index contributed by atoms with van der Waals surface area (Å²) in [6.45, 7) is 3.10. The molecular weight excluding hydrogens is 673 g/mol. The van der Waals surface area contributed by atoms with Crippen LogP contribution in [0.4, 0.5) is 5.69 Å². The number of benzene rings is 4. The lowest BCUT2D eigenvalue weighted by Crippen LogP contribution is -2.54. The van der Waals surface area contributed by atoms with Crippen molar-refractivity contribution in [3.8, 4) is 11.5 Å². The van der Waals surface area contributed by atoms with E-state index in [4.69, 9.17) is 32.7 Å². The van der Waals surface area contributed by atoms with Crippen molar-refractivity contribution >= 4 is 50.7 Å². The minimum absolute atomic E-state index is 0.0183. The minimum Gasteiger partial charge on any atom is -0.493 e. The smallest absolute Gasteiger partial charge is 0.264 e. The predicted molar refractivity (Wildman–Crippen MR) is 189 cm³/mol. The average Bonchev–Trinajstić information content (AvgIpc) is 3.09. The number of amides is 2. The van der Waals surface area contributed by atoms with Gasteiger partial charge in [-0.05, 0) is 60.9 Å². The van der Waals surface area contributed by atoms with Gasteiger partial charge in [-0.3, -0.25) is 13.9 Å². The number of ether oxygens (including phenoxy) is 2. The lowest BCUT2D eigenvalue weighted by molar-refractivity contribution is -0.140. The zero-order valence-electron chi connectivity index (χ0n) is 27.2. The van der Waals surface area contributed by atoms with Gasteiger partial charge in [0.05, 0.1) is 24.8 Å². The largest absolute Gasteiger partial charge is 0.493 e. The van der Waals surface area contributed by atoms with Gasteiger partial charge in [0.2, 0.25) is 11.8 Å². The van der Waals surface area contributed by atoms with E-state index in [0.717, 1.165) is 9.87 Å². The molecule has 9 nitrogen and oxygen atoms in total. The molecule has 48 heavy (non-hydrogen) atoms. The van der Waals surface area contributed by atoms with E-state index < -0.39 is 28.5 Å². The summed E-state index contributed by atoms with van der Waals surface area (Å²) in [5, 5.41) is 3.72. The number of hydrogen-bond acceptors (Lipinski definition) is 6. The predicted octanol–water partition coefficient (Wildman–Crippen LogP) is 6.76. The molecule has 0 radical (unpaired) electrons. The molecule has 0 aliphatic carbocycles. The van der Waals surface area contributed by atoms with Gasteiger partial charge in [0.25, 0.3) is 10.0 Å². The molecular formula is C36H39Cl2N3O6S. The molecule has 0 spiro atoms. The standard InChI is InChI=1S/C36H39Cl2N3O6S/c1-5-25(2)39-36(43)32(20-26-12-8-6-9-13-26)40(23-27-16-17-28(37)21-31(27)38)35(42)24-41(48(44,45)30-14-10-7-11-15-30)29-18-19-33(46-3)34(22-29)47-4/h6-19,21-22,25,32H,5,20,23-24H2,1-4H3,(H,39,43)/t25-,32-/m0/s1. The van der Waals surface area contributed by atoms with Gasteiger partial charge < -0.3 is 19.7 Å². The van der Waals surface area contributed by atoms with E-state index in [1.54, 1.807) is 42.5 Å². The van der Waals surface area contributed by atoms with Gasteiger partial charge in [0.1, 0.15) is 12.6 Å². The second-order valence-corrected chi connectivity index (χ2v) is 13.9. The number of hydrogen-bond donors (Lipinski definition) is 1. The van der Waals surface area contributed by atoms with Gasteiger partial charge in [-0.2, -0.15) is 0 Å². The number of carbonyl (C=O) groups is 2. The van der Waals surface area contributed by atoms with Crippen LogP contribution in [0.5, 0.6) is 11.5 Å². The number of anilines is 1. The highest BCUT2D eigenvalue weighted by Gasteiger charge is 2.35. The molecule has 0 saturated carbocycles. The van der Waals surface area contributed by atoms with Gasteiger partial charge in [-0.25, -0.2) is 8.42 Å². The summed E-state index contributed by atoms with van der Waals surface area (Å²) in [5.74, 6) is -0.352. The van der Waals surface area contributed by atoms with E-state index in [1.807, 2.05) is 44.2 Å². The van der Waals surface area contributed by atoms with Crippen LogP contribution in [-0.4, -0.2) is 58.0 Å². The molecule has 0 aromatic heterocycles. The molecule has 0 saturated heterocycles. The first-order valence-corrected chi connectivity index (χ1v) is 17.6. The Morgan fingerprint density at radius 1 is 0.854 bits per heavy atom. The van der Waals surface area contributed by atoms with Gasteiger partial charge in [-0.15, -0.1) is 0 Å². The normalized spacial score (nSPS) is 12.5. The Labute approximate surface area is 292 Å². The highest BCUT2D eigenvalue weighted by atomic mass is 35.5. The summed E-state index contributed by atoms with van der Waals surface area (Å²) in [5.41, 5.74) is 1.51. The second kappa shape index (κ2) is 16.7. The fourth-order valence-corrected chi connectivity index (χ4v) is 6.95. The van der Waals surface area contributed by atoms with E-state index in [2.05, 4.69) is 5.32 Å². The topological polar surface area (TPSA) is 105 Å². The van der Waals surface area contributed by atoms with Crippen molar-refractivity contribution in [3.05, 3.63) is 118 Å². The van der Waals surface area contributed by atoms with Crippen LogP contribution in [0.3, 0.4) is 0 Å². The average molecular weight is 713 g/mol. The molecule has 254 valence electrons. The summed E-state index contributed by atoms with van der Waals surface area (Å²) in [4.78, 5) is 30.0. The summed E-state index contributed by atoms with van der Waals surface area (Å²) in [6.07, 6.45) is 0.838. The van der Waals surface area contributed by atoms with E-state index in [1.165, 1.54) is 43.4 Å². The SMILES string of the molecule is CC[C@H](C)NC(=O)[C@H](Cc1ccccc1)N(Cc1ccc(Cl)cc1Cl)C(=O)CN(c1ccc(OC)c(OC)c1)S(=O)(=O)c1ccccc1.